The second-order valence-corrected chi connectivity index (χ2v) is 7.20. The number of rotatable bonds is 6. The monoisotopic (exact) mass is 385 g/mol. The summed E-state index contributed by atoms with van der Waals surface area (Å²) in [6, 6.07) is 8.64. The number of aromatic nitrogens is 2. The molecule has 0 radical (unpaired) electrons. The molecule has 8 nitrogen and oxygen atoms in total. The second-order valence-electron chi connectivity index (χ2n) is 7.20. The normalized spacial score (nSPS) is 19.6. The molecule has 1 aromatic carbocycles. The maximum absolute atomic E-state index is 13.0. The molecule has 2 atom stereocenters. The molecule has 1 N–H and O–H groups in total. The molecular weight excluding hydrogens is 358 g/mol. The molecule has 3 rings (SSSR count). The van der Waals surface area contributed by atoms with Gasteiger partial charge in [-0.05, 0) is 26.2 Å². The number of morpholine rings is 1. The van der Waals surface area contributed by atoms with Crippen molar-refractivity contribution < 1.29 is 14.3 Å². The number of nitrogens with one attached hydrogen (secondary N) is 1. The first-order chi connectivity index (χ1) is 13.5. The van der Waals surface area contributed by atoms with Crippen molar-refractivity contribution in [1.82, 2.24) is 24.9 Å². The highest BCUT2D eigenvalue weighted by atomic mass is 16.5. The van der Waals surface area contributed by atoms with Gasteiger partial charge in [-0.1, -0.05) is 18.2 Å². The summed E-state index contributed by atoms with van der Waals surface area (Å²) in [6.45, 7) is 1.57. The molecule has 28 heavy (non-hydrogen) atoms. The van der Waals surface area contributed by atoms with Gasteiger partial charge in [-0.2, -0.15) is 5.10 Å². The summed E-state index contributed by atoms with van der Waals surface area (Å²) in [6.07, 6.45) is 3.51. The van der Waals surface area contributed by atoms with Crippen molar-refractivity contribution >= 4 is 11.8 Å². The fourth-order valence-corrected chi connectivity index (χ4v) is 3.46. The molecule has 0 spiro atoms. The molecule has 1 saturated heterocycles. The van der Waals surface area contributed by atoms with Gasteiger partial charge < -0.3 is 19.9 Å². The number of carbonyl (C=O) groups is 2. The first-order valence-electron chi connectivity index (χ1n) is 9.33. The van der Waals surface area contributed by atoms with E-state index < -0.39 is 0 Å². The van der Waals surface area contributed by atoms with E-state index in [2.05, 4.69) is 10.4 Å². The summed E-state index contributed by atoms with van der Waals surface area (Å²) in [4.78, 5) is 29.1. The zero-order valence-electron chi connectivity index (χ0n) is 16.5. The quantitative estimate of drug-likeness (QED) is 0.791. The molecule has 150 valence electrons. The van der Waals surface area contributed by atoms with E-state index in [0.717, 1.165) is 5.56 Å². The molecule has 1 aliphatic rings. The number of ether oxygens (including phenoxy) is 1. The Balaban J connectivity index is 1.73. The Morgan fingerprint density at radius 2 is 2.04 bits per heavy atom. The predicted molar refractivity (Wildman–Crippen MR) is 105 cm³/mol. The first kappa shape index (κ1) is 20.0. The van der Waals surface area contributed by atoms with E-state index in [1.54, 1.807) is 40.0 Å². The molecule has 1 fully saturated rings. The van der Waals surface area contributed by atoms with Gasteiger partial charge in [0.1, 0.15) is 0 Å². The minimum absolute atomic E-state index is 0.0564. The third-order valence-corrected chi connectivity index (χ3v) is 4.72. The van der Waals surface area contributed by atoms with Crippen LogP contribution in [0.3, 0.4) is 0 Å². The van der Waals surface area contributed by atoms with E-state index in [-0.39, 0.29) is 30.5 Å². The lowest BCUT2D eigenvalue weighted by Crippen LogP contribution is -2.53. The zero-order chi connectivity index (χ0) is 20.1. The van der Waals surface area contributed by atoms with Crippen molar-refractivity contribution in [3.8, 4) is 0 Å². The van der Waals surface area contributed by atoms with E-state index in [1.165, 1.54) is 0 Å². The van der Waals surface area contributed by atoms with E-state index in [4.69, 9.17) is 4.74 Å². The van der Waals surface area contributed by atoms with Gasteiger partial charge in [0.05, 0.1) is 31.5 Å². The summed E-state index contributed by atoms with van der Waals surface area (Å²) in [5.74, 6) is -0.393. The number of aryl methyl sites for hydroxylation is 1. The number of hydrogen-bond donors (Lipinski definition) is 1. The molecule has 1 aromatic heterocycles. The average molecular weight is 385 g/mol. The third-order valence-electron chi connectivity index (χ3n) is 4.72. The lowest BCUT2D eigenvalue weighted by molar-refractivity contribution is -0.146. The molecule has 0 aliphatic carbocycles. The first-order valence-corrected chi connectivity index (χ1v) is 9.33. The Morgan fingerprint density at radius 1 is 1.29 bits per heavy atom. The Kier molecular flexibility index (Phi) is 6.43. The van der Waals surface area contributed by atoms with Crippen molar-refractivity contribution in [2.45, 2.75) is 12.1 Å². The molecule has 0 saturated carbocycles. The largest absolute Gasteiger partial charge is 0.373 e. The van der Waals surface area contributed by atoms with Crippen LogP contribution in [0, 0.1) is 0 Å². The van der Waals surface area contributed by atoms with Crippen molar-refractivity contribution in [2.24, 2.45) is 7.05 Å². The lowest BCUT2D eigenvalue weighted by Gasteiger charge is -2.41. The number of nitrogens with zero attached hydrogens (tertiary/aromatic N) is 4. The topological polar surface area (TPSA) is 79.7 Å². The van der Waals surface area contributed by atoms with Crippen molar-refractivity contribution in [3.05, 3.63) is 53.9 Å². The average Bonchev–Trinajstić information content (AvgIpc) is 3.11. The minimum atomic E-state index is -0.259. The van der Waals surface area contributed by atoms with Crippen LogP contribution in [0.4, 0.5) is 0 Å². The molecule has 8 heteroatoms. The maximum atomic E-state index is 13.0. The van der Waals surface area contributed by atoms with E-state index in [0.29, 0.717) is 25.3 Å². The van der Waals surface area contributed by atoms with E-state index in [1.807, 2.05) is 38.3 Å². The standard InChI is InChI=1S/C20H27N5O3/c1-23(2)14-17-19(16-11-22-24(3)13-16)25(9-10-28-17)18(26)12-21-20(27)15-7-5-4-6-8-15/h4-8,11,13,17,19H,9-10,12,14H2,1-3H3,(H,21,27)/t17-,19-/m0/s1. The fraction of sp³-hybridized carbons (Fsp3) is 0.450. The van der Waals surface area contributed by atoms with Crippen LogP contribution >= 0.6 is 0 Å². The summed E-state index contributed by atoms with van der Waals surface area (Å²) >= 11 is 0. The van der Waals surface area contributed by atoms with Gasteiger partial charge in [0.25, 0.3) is 5.91 Å². The second kappa shape index (κ2) is 8.99. The Labute approximate surface area is 165 Å². The molecule has 2 amide bonds. The van der Waals surface area contributed by atoms with Crippen LogP contribution in [0.5, 0.6) is 0 Å². The van der Waals surface area contributed by atoms with Crippen molar-refractivity contribution in [1.29, 1.82) is 0 Å². The van der Waals surface area contributed by atoms with Gasteiger partial charge in [-0.25, -0.2) is 0 Å². The van der Waals surface area contributed by atoms with Crippen LogP contribution in [-0.2, 0) is 16.6 Å². The van der Waals surface area contributed by atoms with E-state index in [9.17, 15) is 9.59 Å². The van der Waals surface area contributed by atoms with Gasteiger partial charge in [-0.3, -0.25) is 14.3 Å². The van der Waals surface area contributed by atoms with Crippen LogP contribution in [-0.4, -0.2) is 77.8 Å². The highest BCUT2D eigenvalue weighted by Gasteiger charge is 2.37. The molecule has 0 bridgehead atoms. The van der Waals surface area contributed by atoms with Crippen molar-refractivity contribution in [3.63, 3.8) is 0 Å². The Bertz CT molecular complexity index is 805. The smallest absolute Gasteiger partial charge is 0.251 e. The van der Waals surface area contributed by atoms with Gasteiger partial charge in [0.2, 0.25) is 5.91 Å². The summed E-state index contributed by atoms with van der Waals surface area (Å²) in [5, 5.41) is 6.98. The van der Waals surface area contributed by atoms with Crippen LogP contribution in [0.25, 0.3) is 0 Å². The van der Waals surface area contributed by atoms with Crippen molar-refractivity contribution in [2.75, 3.05) is 40.3 Å². The van der Waals surface area contributed by atoms with Gasteiger partial charge in [0.15, 0.2) is 0 Å². The van der Waals surface area contributed by atoms with Gasteiger partial charge in [0, 0.05) is 37.5 Å². The van der Waals surface area contributed by atoms with Crippen LogP contribution in [0.2, 0.25) is 0 Å². The SMILES string of the molecule is CN(C)C[C@@H]1OCCN(C(=O)CNC(=O)c2ccccc2)[C@H]1c1cnn(C)c1. The maximum Gasteiger partial charge on any atom is 0.251 e. The molecular formula is C20H27N5O3. The fourth-order valence-electron chi connectivity index (χ4n) is 3.46. The number of benzene rings is 1. The Hall–Kier alpha value is -2.71. The predicted octanol–water partition coefficient (Wildman–Crippen LogP) is 0.680. The summed E-state index contributed by atoms with van der Waals surface area (Å²) < 4.78 is 7.70. The minimum Gasteiger partial charge on any atom is -0.373 e. The lowest BCUT2D eigenvalue weighted by atomic mass is 10.0. The van der Waals surface area contributed by atoms with Gasteiger partial charge in [-0.15, -0.1) is 0 Å². The highest BCUT2D eigenvalue weighted by molar-refractivity contribution is 5.96. The van der Waals surface area contributed by atoms with Crippen LogP contribution in [0.1, 0.15) is 22.0 Å². The zero-order valence-corrected chi connectivity index (χ0v) is 16.5. The van der Waals surface area contributed by atoms with E-state index >= 15 is 0 Å². The molecule has 2 heterocycles. The highest BCUT2D eigenvalue weighted by Crippen LogP contribution is 2.29. The number of hydrogen-bond acceptors (Lipinski definition) is 5. The molecule has 2 aromatic rings. The van der Waals surface area contributed by atoms with Gasteiger partial charge >= 0.3 is 0 Å². The summed E-state index contributed by atoms with van der Waals surface area (Å²) in [7, 11) is 5.80. The number of amides is 2. The summed E-state index contributed by atoms with van der Waals surface area (Å²) in [5.41, 5.74) is 1.46. The third kappa shape index (κ3) is 4.76. The number of carbonyl (C=O) groups excluding carboxylic acids is 2. The molecule has 1 aliphatic heterocycles. The van der Waals surface area contributed by atoms with Crippen LogP contribution in [0.15, 0.2) is 42.7 Å². The Morgan fingerprint density at radius 3 is 2.68 bits per heavy atom. The number of likely N-dealkylation sites (N-methyl/N-ethyl adjacent to an activating group) is 1. The van der Waals surface area contributed by atoms with Crippen LogP contribution < -0.4 is 5.32 Å². The molecule has 0 unspecified atom stereocenters.